The molecule has 8 heteroatoms. The molecule has 0 saturated carbocycles. The molecule has 0 radical (unpaired) electrons. The van der Waals surface area contributed by atoms with Crippen LogP contribution < -0.4 is 10.6 Å². The molecule has 144 valence electrons. The van der Waals surface area contributed by atoms with Crippen molar-refractivity contribution in [3.63, 3.8) is 0 Å². The molecular weight excluding hydrogens is 355 g/mol. The number of anilines is 1. The summed E-state index contributed by atoms with van der Waals surface area (Å²) in [5.74, 6) is -2.66. The van der Waals surface area contributed by atoms with Crippen LogP contribution in [0.4, 0.5) is 10.1 Å². The van der Waals surface area contributed by atoms with Crippen molar-refractivity contribution in [2.45, 2.75) is 32.9 Å². The Balaban J connectivity index is 1.97. The quantitative estimate of drug-likeness (QED) is 0.724. The van der Waals surface area contributed by atoms with E-state index in [-0.39, 0.29) is 17.4 Å². The largest absolute Gasteiger partial charge is 0.459 e. The van der Waals surface area contributed by atoms with E-state index in [1.54, 1.807) is 19.9 Å². The van der Waals surface area contributed by atoms with E-state index in [0.29, 0.717) is 0 Å². The van der Waals surface area contributed by atoms with Gasteiger partial charge in [0.1, 0.15) is 11.9 Å². The Morgan fingerprint density at radius 1 is 1.11 bits per heavy atom. The molecule has 0 aliphatic rings. The number of benzene rings is 1. The van der Waals surface area contributed by atoms with Gasteiger partial charge in [0.05, 0.1) is 6.26 Å². The third-order valence-electron chi connectivity index (χ3n) is 3.71. The van der Waals surface area contributed by atoms with Gasteiger partial charge in [0.15, 0.2) is 11.9 Å². The second-order valence-electron chi connectivity index (χ2n) is 6.25. The average Bonchev–Trinajstić information content (AvgIpc) is 3.13. The number of rotatable bonds is 7. The molecule has 0 fully saturated rings. The van der Waals surface area contributed by atoms with Crippen LogP contribution in [0, 0.1) is 11.7 Å². The molecule has 2 rings (SSSR count). The standard InChI is InChI=1S/C19H21FN2O5/c1-11(2)16(22-18(24)15-8-5-9-26-15)19(25)27-12(3)17(23)21-14-7-4-6-13(20)10-14/h4-12,16H,1-3H3,(H,21,23)(H,22,24)/t12-,16+/m1/s1. The van der Waals surface area contributed by atoms with Gasteiger partial charge in [-0.15, -0.1) is 0 Å². The van der Waals surface area contributed by atoms with Crippen LogP contribution >= 0.6 is 0 Å². The molecule has 1 aromatic heterocycles. The van der Waals surface area contributed by atoms with Crippen molar-refractivity contribution in [3.05, 3.63) is 54.2 Å². The molecule has 27 heavy (non-hydrogen) atoms. The number of esters is 1. The van der Waals surface area contributed by atoms with Gasteiger partial charge in [-0.25, -0.2) is 9.18 Å². The molecule has 0 bridgehead atoms. The fourth-order valence-corrected chi connectivity index (χ4v) is 2.23. The van der Waals surface area contributed by atoms with E-state index < -0.39 is 35.7 Å². The average molecular weight is 376 g/mol. The van der Waals surface area contributed by atoms with Crippen molar-refractivity contribution in [2.75, 3.05) is 5.32 Å². The van der Waals surface area contributed by atoms with Gasteiger partial charge in [-0.1, -0.05) is 19.9 Å². The number of carbonyl (C=O) groups excluding carboxylic acids is 3. The minimum Gasteiger partial charge on any atom is -0.459 e. The monoisotopic (exact) mass is 376 g/mol. The first-order valence-corrected chi connectivity index (χ1v) is 8.39. The second-order valence-corrected chi connectivity index (χ2v) is 6.25. The van der Waals surface area contributed by atoms with E-state index in [2.05, 4.69) is 10.6 Å². The molecule has 2 amide bonds. The van der Waals surface area contributed by atoms with E-state index in [0.717, 1.165) is 6.07 Å². The molecule has 0 saturated heterocycles. The van der Waals surface area contributed by atoms with E-state index in [9.17, 15) is 18.8 Å². The lowest BCUT2D eigenvalue weighted by Gasteiger charge is -2.22. The predicted molar refractivity (Wildman–Crippen MR) is 95.4 cm³/mol. The molecule has 2 atom stereocenters. The van der Waals surface area contributed by atoms with Crippen molar-refractivity contribution < 1.29 is 27.9 Å². The molecule has 1 heterocycles. The van der Waals surface area contributed by atoms with Gasteiger partial charge in [0.25, 0.3) is 11.8 Å². The zero-order valence-corrected chi connectivity index (χ0v) is 15.2. The number of amides is 2. The maximum Gasteiger partial charge on any atom is 0.329 e. The molecule has 1 aromatic carbocycles. The lowest BCUT2D eigenvalue weighted by molar-refractivity contribution is -0.156. The fraction of sp³-hybridized carbons (Fsp3) is 0.316. The Labute approximate surface area is 155 Å². The summed E-state index contributed by atoms with van der Waals surface area (Å²) >= 11 is 0. The Morgan fingerprint density at radius 3 is 2.44 bits per heavy atom. The van der Waals surface area contributed by atoms with Gasteiger partial charge in [-0.05, 0) is 43.2 Å². The predicted octanol–water partition coefficient (Wildman–Crippen LogP) is 2.74. The molecule has 7 nitrogen and oxygen atoms in total. The summed E-state index contributed by atoms with van der Waals surface area (Å²) in [6, 6.07) is 7.40. The first-order valence-electron chi connectivity index (χ1n) is 8.39. The summed E-state index contributed by atoms with van der Waals surface area (Å²) in [6.07, 6.45) is 0.207. The van der Waals surface area contributed by atoms with Crippen LogP contribution in [0.25, 0.3) is 0 Å². The van der Waals surface area contributed by atoms with Crippen LogP contribution in [-0.4, -0.2) is 29.9 Å². The zero-order chi connectivity index (χ0) is 20.0. The Hall–Kier alpha value is -3.16. The number of hydrogen-bond acceptors (Lipinski definition) is 5. The number of halogens is 1. The van der Waals surface area contributed by atoms with Gasteiger partial charge in [0, 0.05) is 5.69 Å². The summed E-state index contributed by atoms with van der Waals surface area (Å²) in [7, 11) is 0. The third-order valence-corrected chi connectivity index (χ3v) is 3.71. The minimum atomic E-state index is -1.14. The molecule has 0 unspecified atom stereocenters. The summed E-state index contributed by atoms with van der Waals surface area (Å²) in [6.45, 7) is 4.84. The molecular formula is C19H21FN2O5. The van der Waals surface area contributed by atoms with Gasteiger partial charge in [-0.3, -0.25) is 9.59 Å². The summed E-state index contributed by atoms with van der Waals surface area (Å²) in [5.41, 5.74) is 0.245. The van der Waals surface area contributed by atoms with E-state index in [4.69, 9.17) is 9.15 Å². The fourth-order valence-electron chi connectivity index (χ4n) is 2.23. The first kappa shape index (κ1) is 20.2. The van der Waals surface area contributed by atoms with Crippen molar-refractivity contribution in [3.8, 4) is 0 Å². The van der Waals surface area contributed by atoms with Crippen molar-refractivity contribution >= 4 is 23.5 Å². The topological polar surface area (TPSA) is 97.6 Å². The van der Waals surface area contributed by atoms with Crippen molar-refractivity contribution in [1.29, 1.82) is 0 Å². The Morgan fingerprint density at radius 2 is 1.85 bits per heavy atom. The second kappa shape index (κ2) is 8.98. The number of ether oxygens (including phenoxy) is 1. The van der Waals surface area contributed by atoms with E-state index >= 15 is 0 Å². The van der Waals surface area contributed by atoms with E-state index in [1.165, 1.54) is 37.5 Å². The van der Waals surface area contributed by atoms with Gasteiger partial charge >= 0.3 is 5.97 Å². The van der Waals surface area contributed by atoms with Crippen LogP contribution in [0.5, 0.6) is 0 Å². The number of hydrogen-bond donors (Lipinski definition) is 2. The first-order chi connectivity index (χ1) is 12.8. The zero-order valence-electron chi connectivity index (χ0n) is 15.2. The number of furan rings is 1. The Bertz CT molecular complexity index is 804. The van der Waals surface area contributed by atoms with Gasteiger partial charge < -0.3 is 19.8 Å². The summed E-state index contributed by atoms with van der Waals surface area (Å²) in [4.78, 5) is 36.6. The molecule has 2 aromatic rings. The highest BCUT2D eigenvalue weighted by Crippen LogP contribution is 2.12. The summed E-state index contributed by atoms with van der Waals surface area (Å²) in [5, 5.41) is 4.99. The number of nitrogens with one attached hydrogen (secondary N) is 2. The summed E-state index contributed by atoms with van der Waals surface area (Å²) < 4.78 is 23.3. The van der Waals surface area contributed by atoms with Crippen LogP contribution in [0.15, 0.2) is 47.1 Å². The highest BCUT2D eigenvalue weighted by Gasteiger charge is 2.29. The third kappa shape index (κ3) is 5.67. The van der Waals surface area contributed by atoms with Crippen LogP contribution in [0.1, 0.15) is 31.3 Å². The van der Waals surface area contributed by atoms with Crippen LogP contribution in [0.3, 0.4) is 0 Å². The maximum atomic E-state index is 13.2. The number of carbonyl (C=O) groups is 3. The smallest absolute Gasteiger partial charge is 0.329 e. The highest BCUT2D eigenvalue weighted by molar-refractivity contribution is 5.97. The van der Waals surface area contributed by atoms with E-state index in [1.807, 2.05) is 0 Å². The molecule has 0 spiro atoms. The highest BCUT2D eigenvalue weighted by atomic mass is 19.1. The minimum absolute atomic E-state index is 0.0605. The molecule has 0 aliphatic heterocycles. The van der Waals surface area contributed by atoms with Gasteiger partial charge in [0.2, 0.25) is 0 Å². The van der Waals surface area contributed by atoms with Gasteiger partial charge in [-0.2, -0.15) is 0 Å². The molecule has 2 N–H and O–H groups in total. The van der Waals surface area contributed by atoms with Crippen molar-refractivity contribution in [2.24, 2.45) is 5.92 Å². The SMILES string of the molecule is CC(C)[C@H](NC(=O)c1ccco1)C(=O)O[C@H](C)C(=O)Nc1cccc(F)c1. The lowest BCUT2D eigenvalue weighted by atomic mass is 10.0. The normalized spacial score (nSPS) is 12.9. The Kier molecular flexibility index (Phi) is 6.70. The van der Waals surface area contributed by atoms with Crippen LogP contribution in [0.2, 0.25) is 0 Å². The van der Waals surface area contributed by atoms with Crippen LogP contribution in [-0.2, 0) is 14.3 Å². The maximum absolute atomic E-state index is 13.2. The van der Waals surface area contributed by atoms with Crippen molar-refractivity contribution in [1.82, 2.24) is 5.32 Å². The lowest BCUT2D eigenvalue weighted by Crippen LogP contribution is -2.47. The molecule has 0 aliphatic carbocycles.